The van der Waals surface area contributed by atoms with E-state index in [9.17, 15) is 55.5 Å². The number of carboxylic acids is 1. The van der Waals surface area contributed by atoms with Gasteiger partial charge in [0.1, 0.15) is 33.7 Å². The van der Waals surface area contributed by atoms with Crippen molar-refractivity contribution >= 4 is 76.6 Å². The summed E-state index contributed by atoms with van der Waals surface area (Å²) in [5.74, 6) is -8.50. The highest BCUT2D eigenvalue weighted by Crippen LogP contribution is 2.33. The number of rotatable bonds is 18. The third-order valence-corrected chi connectivity index (χ3v) is 9.38. The first-order chi connectivity index (χ1) is 33.6. The number of aliphatic carboxylic acids is 1. The topological polar surface area (TPSA) is 191 Å². The minimum absolute atomic E-state index is 0.0505. The SMILES string of the molecule is CC(Cl)Cl.CCCCNC(=O)C(OC(=O)c1ccc(/C=C/C(C)=O)cc1)C(=O)c1ccc(F)cc1.CCCCNC(=O)c1c(-c2ccc(F)cc2)nc(-c2ccc(/C=C/C(=O)O)cc2)n1C(=O)C(F)(F)F. The Balaban J connectivity index is 0.000000352. The number of esters is 1. The van der Waals surface area contributed by atoms with Crippen molar-refractivity contribution < 1.29 is 65.4 Å². The fraction of sp³-hybridized carbons (Fsp3) is 0.255. The number of alkyl halides is 5. The summed E-state index contributed by atoms with van der Waals surface area (Å²) in [7, 11) is 0. The number of aromatic nitrogens is 2. The van der Waals surface area contributed by atoms with Crippen LogP contribution < -0.4 is 10.6 Å². The van der Waals surface area contributed by atoms with Crippen molar-refractivity contribution in [2.75, 3.05) is 13.1 Å². The van der Waals surface area contributed by atoms with Gasteiger partial charge in [-0.2, -0.15) is 13.2 Å². The quantitative estimate of drug-likeness (QED) is 0.0145. The molecule has 0 aliphatic rings. The van der Waals surface area contributed by atoms with Crippen LogP contribution in [-0.2, 0) is 19.1 Å². The summed E-state index contributed by atoms with van der Waals surface area (Å²) >= 11 is 10.1. The van der Waals surface area contributed by atoms with Gasteiger partial charge in [0.05, 0.1) is 5.56 Å². The van der Waals surface area contributed by atoms with E-state index >= 15 is 0 Å². The first-order valence-electron chi connectivity index (χ1n) is 21.7. The predicted octanol–water partition coefficient (Wildman–Crippen LogP) is 10.7. The minimum atomic E-state index is -5.34. The molecule has 71 heavy (non-hydrogen) atoms. The molecular weight excluding hydrogens is 978 g/mol. The van der Waals surface area contributed by atoms with Crippen LogP contribution in [0.3, 0.4) is 0 Å². The van der Waals surface area contributed by atoms with Gasteiger partial charge in [-0.05, 0) is 111 Å². The number of benzene rings is 4. The number of halogens is 7. The smallest absolute Gasteiger partial charge is 0.472 e. The molecule has 0 fully saturated rings. The van der Waals surface area contributed by atoms with Crippen LogP contribution in [0.15, 0.2) is 109 Å². The Morgan fingerprint density at radius 2 is 1.18 bits per heavy atom. The van der Waals surface area contributed by atoms with E-state index in [4.69, 9.17) is 33.0 Å². The van der Waals surface area contributed by atoms with Gasteiger partial charge in [-0.1, -0.05) is 69.2 Å². The lowest BCUT2D eigenvalue weighted by Crippen LogP contribution is -2.43. The fourth-order valence-electron chi connectivity index (χ4n) is 5.92. The van der Waals surface area contributed by atoms with E-state index in [-0.39, 0.29) is 49.7 Å². The van der Waals surface area contributed by atoms with Crippen LogP contribution in [0.1, 0.15) is 101 Å². The summed E-state index contributed by atoms with van der Waals surface area (Å²) in [5, 5.41) is 13.9. The summed E-state index contributed by atoms with van der Waals surface area (Å²) in [5.41, 5.74) is 0.647. The monoisotopic (exact) mass is 1030 g/mol. The zero-order valence-corrected chi connectivity index (χ0v) is 40.2. The van der Waals surface area contributed by atoms with E-state index in [0.29, 0.717) is 36.9 Å². The van der Waals surface area contributed by atoms with Crippen molar-refractivity contribution in [2.24, 2.45) is 0 Å². The molecule has 0 bridgehead atoms. The van der Waals surface area contributed by atoms with Gasteiger partial charge in [0.25, 0.3) is 11.8 Å². The predicted molar refractivity (Wildman–Crippen MR) is 259 cm³/mol. The number of hydrogen-bond acceptors (Lipinski definition) is 9. The molecule has 4 aromatic carbocycles. The number of hydrogen-bond donors (Lipinski definition) is 3. The van der Waals surface area contributed by atoms with Crippen molar-refractivity contribution in [3.05, 3.63) is 149 Å². The van der Waals surface area contributed by atoms with Crippen LogP contribution in [0.2, 0.25) is 0 Å². The zero-order chi connectivity index (χ0) is 52.8. The van der Waals surface area contributed by atoms with Crippen molar-refractivity contribution in [3.8, 4) is 22.6 Å². The second-order valence-corrected chi connectivity index (χ2v) is 16.6. The highest BCUT2D eigenvalue weighted by atomic mass is 35.5. The van der Waals surface area contributed by atoms with Crippen molar-refractivity contribution in [3.63, 3.8) is 0 Å². The van der Waals surface area contributed by atoms with E-state index in [1.165, 1.54) is 79.7 Å². The van der Waals surface area contributed by atoms with Gasteiger partial charge in [-0.3, -0.25) is 24.0 Å². The number of imidazole rings is 1. The molecule has 3 N–H and O–H groups in total. The maximum atomic E-state index is 13.6. The van der Waals surface area contributed by atoms with Crippen LogP contribution in [-0.4, -0.2) is 86.1 Å². The average Bonchev–Trinajstić information content (AvgIpc) is 3.72. The highest BCUT2D eigenvalue weighted by Gasteiger charge is 2.44. The van der Waals surface area contributed by atoms with E-state index < -0.39 is 70.9 Å². The standard InChI is InChI=1S/C25H21F4N3O4.C24H24FNO5.C2H4Cl2/c1-2-3-14-30-23(35)21-20(16-9-11-18(26)12-10-16)31-22(32(21)24(36)25(27,28)29)17-7-4-15(5-8-17)6-13-19(33)34;1-3-4-15-26-23(29)22(21(28)18-11-13-20(25)14-12-18)31-24(30)19-9-7-17(8-10-19)6-5-16(2)27;1-2(3)4/h4-13H,2-3,14H2,1H3,(H,30,35)(H,33,34);5-14,22H,3-4,15H2,1-2H3,(H,26,29);2H,1H3/b13-6+;6-5+;. The number of carboxylic acid groups (broad SMARTS) is 1. The number of carbonyl (C=O) groups excluding carboxylic acids is 6. The van der Waals surface area contributed by atoms with Gasteiger partial charge in [0, 0.05) is 35.9 Å². The molecule has 0 spiro atoms. The third-order valence-electron chi connectivity index (χ3n) is 9.38. The van der Waals surface area contributed by atoms with Crippen molar-refractivity contribution in [1.82, 2.24) is 20.2 Å². The maximum Gasteiger partial charge on any atom is 0.472 e. The number of unbranched alkanes of at least 4 members (excludes halogenated alkanes) is 2. The number of Topliss-reactive ketones (excluding diaryl/α,β-unsaturated/α-hetero) is 1. The number of allylic oxidation sites excluding steroid dienone is 1. The summed E-state index contributed by atoms with van der Waals surface area (Å²) < 4.78 is 73.1. The molecule has 0 aliphatic heterocycles. The Labute approximate surface area is 415 Å². The largest absolute Gasteiger partial charge is 0.478 e. The lowest BCUT2D eigenvalue weighted by molar-refractivity contribution is -0.131. The fourth-order valence-corrected chi connectivity index (χ4v) is 5.92. The molecule has 5 rings (SSSR count). The van der Waals surface area contributed by atoms with Crippen LogP contribution in [0.4, 0.5) is 22.0 Å². The number of amides is 2. The Morgan fingerprint density at radius 1 is 0.718 bits per heavy atom. The first kappa shape index (κ1) is 58.0. The van der Waals surface area contributed by atoms with E-state index in [2.05, 4.69) is 15.6 Å². The first-order valence-corrected chi connectivity index (χ1v) is 22.6. The second-order valence-electron chi connectivity index (χ2n) is 15.1. The third kappa shape index (κ3) is 18.8. The maximum absolute atomic E-state index is 13.6. The normalized spacial score (nSPS) is 11.5. The summed E-state index contributed by atoms with van der Waals surface area (Å²) in [4.78, 5) is 89.2. The number of ether oxygens (including phenoxy) is 1. The van der Waals surface area contributed by atoms with Crippen molar-refractivity contribution in [1.29, 1.82) is 0 Å². The van der Waals surface area contributed by atoms with E-state index in [1.54, 1.807) is 25.1 Å². The van der Waals surface area contributed by atoms with Gasteiger partial charge < -0.3 is 20.5 Å². The zero-order valence-electron chi connectivity index (χ0n) is 38.7. The van der Waals surface area contributed by atoms with Gasteiger partial charge in [-0.15, -0.1) is 23.2 Å². The molecule has 376 valence electrons. The van der Waals surface area contributed by atoms with Gasteiger partial charge >= 0.3 is 24.0 Å². The van der Waals surface area contributed by atoms with Crippen LogP contribution >= 0.6 is 23.2 Å². The number of ketones is 2. The summed E-state index contributed by atoms with van der Waals surface area (Å²) in [6.07, 6.45) is 0.907. The molecule has 0 saturated heterocycles. The molecule has 1 heterocycles. The van der Waals surface area contributed by atoms with Gasteiger partial charge in [0.15, 0.2) is 5.78 Å². The Morgan fingerprint density at radius 3 is 1.68 bits per heavy atom. The Hall–Kier alpha value is -7.31. The second kappa shape index (κ2) is 28.4. The molecule has 13 nitrogen and oxygen atoms in total. The summed E-state index contributed by atoms with van der Waals surface area (Å²) in [6.45, 7) is 7.42. The van der Waals surface area contributed by atoms with Crippen LogP contribution in [0.5, 0.6) is 0 Å². The summed E-state index contributed by atoms with van der Waals surface area (Å²) in [6, 6.07) is 20.9. The molecule has 5 aromatic rings. The molecule has 1 unspecified atom stereocenters. The van der Waals surface area contributed by atoms with E-state index in [1.807, 2.05) is 13.8 Å². The lowest BCUT2D eigenvalue weighted by atomic mass is 10.0. The van der Waals surface area contributed by atoms with Crippen LogP contribution in [0, 0.1) is 11.6 Å². The van der Waals surface area contributed by atoms with Gasteiger partial charge in [-0.25, -0.2) is 27.9 Å². The number of carbonyl (C=O) groups is 7. The molecule has 0 radical (unpaired) electrons. The lowest BCUT2D eigenvalue weighted by Gasteiger charge is -2.17. The van der Waals surface area contributed by atoms with E-state index in [0.717, 1.165) is 36.8 Å². The molecular formula is C51H49Cl2F5N4O9. The highest BCUT2D eigenvalue weighted by molar-refractivity contribution is 6.43. The molecule has 0 saturated carbocycles. The number of nitrogens with zero attached hydrogens (tertiary/aromatic N) is 2. The Kier molecular flexibility index (Phi) is 23.2. The average molecular weight is 1030 g/mol. The Bertz CT molecular complexity index is 2680. The molecule has 20 heteroatoms. The molecule has 2 amide bonds. The minimum Gasteiger partial charge on any atom is -0.478 e. The van der Waals surface area contributed by atoms with Crippen molar-refractivity contribution in [2.45, 2.75) is 70.5 Å². The van der Waals surface area contributed by atoms with Gasteiger partial charge in [0.2, 0.25) is 11.9 Å². The number of nitrogens with one attached hydrogen (secondary N) is 2. The molecule has 0 aliphatic carbocycles. The molecule has 1 aromatic heterocycles. The van der Waals surface area contributed by atoms with Crippen LogP contribution in [0.25, 0.3) is 34.8 Å². The molecule has 1 atom stereocenters.